The summed E-state index contributed by atoms with van der Waals surface area (Å²) in [5.41, 5.74) is 0. The Kier molecular flexibility index (Phi) is 435. The van der Waals surface area contributed by atoms with Gasteiger partial charge in [0.05, 0.1) is 0 Å². The van der Waals surface area contributed by atoms with E-state index in [9.17, 15) is 0 Å². The standard InChI is InChI=1S/4Al.N/q;;;+3;-3. The van der Waals surface area contributed by atoms with Crippen LogP contribution < -0.4 is 0 Å². The molecule has 0 aromatic rings. The molecule has 0 saturated carbocycles. The Balaban J connectivity index is 0. The molecule has 5 heavy (non-hydrogen) atoms. The maximum atomic E-state index is 0. The van der Waals surface area contributed by atoms with Crippen LogP contribution in [0.5, 0.6) is 0 Å². The summed E-state index contributed by atoms with van der Waals surface area (Å²) in [7, 11) is 0. The monoisotopic (exact) mass is 122 g/mol. The van der Waals surface area contributed by atoms with E-state index in [0.717, 1.165) is 0 Å². The van der Waals surface area contributed by atoms with E-state index < -0.39 is 0 Å². The van der Waals surface area contributed by atoms with Crippen LogP contribution in [0.4, 0.5) is 0 Å². The third-order valence-electron chi connectivity index (χ3n) is 0. The van der Waals surface area contributed by atoms with E-state index >= 15 is 0 Å². The van der Waals surface area contributed by atoms with Crippen LogP contribution in [0.2, 0.25) is 0 Å². The number of rotatable bonds is 0. The smallest absolute Gasteiger partial charge is 3.00 e. The molecule has 0 atom stereocenters. The molecule has 0 aliphatic carbocycles. The summed E-state index contributed by atoms with van der Waals surface area (Å²) in [6, 6.07) is 0. The third kappa shape index (κ3) is 23.3. The minimum atomic E-state index is 0. The van der Waals surface area contributed by atoms with Crippen LogP contribution in [0.3, 0.4) is 0 Å². The van der Waals surface area contributed by atoms with Crippen molar-refractivity contribution >= 4 is 69.4 Å². The molecule has 5 heteroatoms. The predicted octanol–water partition coefficient (Wildman–Crippen LogP) is -1.23. The molecular weight excluding hydrogens is 122 g/mol. The second kappa shape index (κ2) is 36.1. The molecule has 0 bridgehead atoms. The van der Waals surface area contributed by atoms with Crippen molar-refractivity contribution in [2.45, 2.75) is 0 Å². The Morgan fingerprint density at radius 2 is 0.600 bits per heavy atom. The first kappa shape index (κ1) is 60.2. The first-order valence-corrected chi connectivity index (χ1v) is 0. The van der Waals surface area contributed by atoms with Crippen molar-refractivity contribution in [3.05, 3.63) is 6.15 Å². The second-order valence-corrected chi connectivity index (χ2v) is 0. The second-order valence-electron chi connectivity index (χ2n) is 0. The van der Waals surface area contributed by atoms with Crippen molar-refractivity contribution in [2.75, 3.05) is 0 Å². The fourth-order valence-electron chi connectivity index (χ4n) is 0. The van der Waals surface area contributed by atoms with E-state index in [1.165, 1.54) is 0 Å². The molecule has 0 spiro atoms. The largest absolute Gasteiger partial charge is 3.00 e. The minimum absolute atomic E-state index is 0. The van der Waals surface area contributed by atoms with E-state index in [2.05, 4.69) is 0 Å². The molecular formula is Al4N. The fraction of sp³-hybridized carbons (Fsp3) is 0. The van der Waals surface area contributed by atoms with Gasteiger partial charge < -0.3 is 6.15 Å². The zero-order chi connectivity index (χ0) is 0. The van der Waals surface area contributed by atoms with Crippen molar-refractivity contribution < 1.29 is 0 Å². The van der Waals surface area contributed by atoms with Gasteiger partial charge in [0.1, 0.15) is 0 Å². The summed E-state index contributed by atoms with van der Waals surface area (Å²) >= 11 is 0. The average molecular weight is 122 g/mol. The molecule has 0 rings (SSSR count). The normalized spacial score (nSPS) is 0. The summed E-state index contributed by atoms with van der Waals surface area (Å²) < 4.78 is 0. The summed E-state index contributed by atoms with van der Waals surface area (Å²) in [4.78, 5) is 0. The van der Waals surface area contributed by atoms with Crippen LogP contribution in [-0.2, 0) is 0 Å². The molecule has 0 heterocycles. The van der Waals surface area contributed by atoms with E-state index in [4.69, 9.17) is 0 Å². The van der Waals surface area contributed by atoms with Gasteiger partial charge in [-0.25, -0.2) is 0 Å². The van der Waals surface area contributed by atoms with Gasteiger partial charge in [-0.3, -0.25) is 0 Å². The molecule has 0 aliphatic rings. The van der Waals surface area contributed by atoms with Gasteiger partial charge in [0.15, 0.2) is 0 Å². The molecule has 0 aromatic heterocycles. The zero-order valence-corrected chi connectivity index (χ0v) is 7.38. The molecule has 0 N–H and O–H groups in total. The van der Waals surface area contributed by atoms with Crippen LogP contribution in [0, 0.1) is 0 Å². The molecule has 1 nitrogen and oxygen atoms in total. The predicted molar refractivity (Wildman–Crippen MR) is 26.4 cm³/mol. The summed E-state index contributed by atoms with van der Waals surface area (Å²) in [5.74, 6) is 0. The molecule has 0 fully saturated rings. The summed E-state index contributed by atoms with van der Waals surface area (Å²) in [6.07, 6.45) is 0. The van der Waals surface area contributed by atoms with Crippen LogP contribution in [0.25, 0.3) is 6.15 Å². The van der Waals surface area contributed by atoms with Gasteiger partial charge in [-0.05, 0) is 0 Å². The number of hydrogen-bond acceptors (Lipinski definition) is 0. The average Bonchev–Trinajstić information content (AvgIpc) is 0. The van der Waals surface area contributed by atoms with E-state index in [0.29, 0.717) is 0 Å². The van der Waals surface area contributed by atoms with Crippen LogP contribution >= 0.6 is 0 Å². The first-order chi connectivity index (χ1) is 0. The molecule has 0 unspecified atom stereocenters. The van der Waals surface area contributed by atoms with E-state index in [1.807, 2.05) is 0 Å². The molecule has 0 saturated heterocycles. The van der Waals surface area contributed by atoms with E-state index in [1.54, 1.807) is 0 Å². The van der Waals surface area contributed by atoms with Crippen molar-refractivity contribution in [3.8, 4) is 0 Å². The van der Waals surface area contributed by atoms with Crippen LogP contribution in [0.15, 0.2) is 0 Å². The van der Waals surface area contributed by atoms with Gasteiger partial charge in [-0.2, -0.15) is 0 Å². The van der Waals surface area contributed by atoms with Crippen molar-refractivity contribution in [1.29, 1.82) is 0 Å². The Bertz CT molecular complexity index is 3.61. The van der Waals surface area contributed by atoms with Crippen LogP contribution in [0.1, 0.15) is 0 Å². The number of nitrogens with zero attached hydrogens (tertiary/aromatic N) is 1. The summed E-state index contributed by atoms with van der Waals surface area (Å²) in [5, 5.41) is 0. The topological polar surface area (TPSA) is 30.5 Å². The van der Waals surface area contributed by atoms with Crippen molar-refractivity contribution in [2.24, 2.45) is 0 Å². The van der Waals surface area contributed by atoms with Crippen LogP contribution in [-0.4, -0.2) is 69.4 Å². The van der Waals surface area contributed by atoms with Gasteiger partial charge in [-0.1, -0.05) is 0 Å². The summed E-state index contributed by atoms with van der Waals surface area (Å²) in [6.45, 7) is 0. The fourth-order valence-corrected chi connectivity index (χ4v) is 0. The molecule has 9 radical (unpaired) electrons. The molecule has 17 valence electrons. The van der Waals surface area contributed by atoms with Gasteiger partial charge in [0.2, 0.25) is 0 Å². The Morgan fingerprint density at radius 1 is 0.600 bits per heavy atom. The maximum absolute atomic E-state index is 0. The first-order valence-electron chi connectivity index (χ1n) is 0. The van der Waals surface area contributed by atoms with Gasteiger partial charge in [0, 0.05) is 52.1 Å². The van der Waals surface area contributed by atoms with E-state index in [-0.39, 0.29) is 75.6 Å². The molecule has 0 aliphatic heterocycles. The van der Waals surface area contributed by atoms with Crippen molar-refractivity contribution in [3.63, 3.8) is 0 Å². The zero-order valence-electron chi connectivity index (χ0n) is 2.76. The SMILES string of the molecule is [Al+3].[Al].[Al].[Al].[N-3]. The Morgan fingerprint density at radius 3 is 0.600 bits per heavy atom. The quantitative estimate of drug-likeness (QED) is 0.360. The maximum Gasteiger partial charge on any atom is 3.00 e. The molecule has 0 aromatic carbocycles. The third-order valence-corrected chi connectivity index (χ3v) is 0. The minimum Gasteiger partial charge on any atom is -3.00 e. The van der Waals surface area contributed by atoms with Gasteiger partial charge in [0.25, 0.3) is 0 Å². The van der Waals surface area contributed by atoms with Gasteiger partial charge >= 0.3 is 17.4 Å². The van der Waals surface area contributed by atoms with Crippen molar-refractivity contribution in [1.82, 2.24) is 0 Å². The molecule has 0 amide bonds. The number of hydrogen-bond donors (Lipinski definition) is 0. The Hall–Kier alpha value is 2.09. The van der Waals surface area contributed by atoms with Gasteiger partial charge in [-0.15, -0.1) is 0 Å². The Labute approximate surface area is 75.0 Å².